The predicted molar refractivity (Wildman–Crippen MR) is 134 cm³/mol. The summed E-state index contributed by atoms with van der Waals surface area (Å²) in [5.41, 5.74) is 2.62. The molecule has 1 aliphatic heterocycles. The summed E-state index contributed by atoms with van der Waals surface area (Å²) in [6, 6.07) is 13.7. The number of nitrogens with zero attached hydrogens (tertiary/aromatic N) is 2. The van der Waals surface area contributed by atoms with E-state index in [0.29, 0.717) is 48.0 Å². The molecule has 1 N–H and O–H groups in total. The first-order valence-corrected chi connectivity index (χ1v) is 11.7. The fourth-order valence-corrected chi connectivity index (χ4v) is 4.58. The van der Waals surface area contributed by atoms with E-state index in [0.717, 1.165) is 23.4 Å². The van der Waals surface area contributed by atoms with Crippen LogP contribution in [0.1, 0.15) is 34.3 Å². The zero-order chi connectivity index (χ0) is 25.8. The lowest BCUT2D eigenvalue weighted by molar-refractivity contribution is 0.102. The van der Waals surface area contributed by atoms with Crippen LogP contribution in [0.25, 0.3) is 0 Å². The second-order valence-electron chi connectivity index (χ2n) is 8.48. The minimum absolute atomic E-state index is 0.0203. The maximum absolute atomic E-state index is 14.0. The van der Waals surface area contributed by atoms with Crippen molar-refractivity contribution in [2.75, 3.05) is 30.4 Å². The minimum Gasteiger partial charge on any atom is -0.496 e. The lowest BCUT2D eigenvalue weighted by Gasteiger charge is -2.35. The zero-order valence-electron chi connectivity index (χ0n) is 19.8. The van der Waals surface area contributed by atoms with Gasteiger partial charge >= 0.3 is 0 Å². The number of nitrogens with one attached hydrogen (secondary N) is 1. The van der Waals surface area contributed by atoms with Gasteiger partial charge in [-0.15, -0.1) is 0 Å². The van der Waals surface area contributed by atoms with Gasteiger partial charge in [-0.05, 0) is 55.0 Å². The summed E-state index contributed by atoms with van der Waals surface area (Å²) in [4.78, 5) is 15.3. The van der Waals surface area contributed by atoms with Crippen molar-refractivity contribution >= 4 is 28.9 Å². The monoisotopic (exact) mass is 511 g/mol. The second-order valence-corrected chi connectivity index (χ2v) is 8.92. The van der Waals surface area contributed by atoms with Gasteiger partial charge in [-0.25, -0.2) is 8.78 Å². The van der Waals surface area contributed by atoms with Crippen molar-refractivity contribution in [1.29, 1.82) is 5.26 Å². The van der Waals surface area contributed by atoms with Gasteiger partial charge < -0.3 is 19.7 Å². The highest BCUT2D eigenvalue weighted by Crippen LogP contribution is 2.33. The van der Waals surface area contributed by atoms with Crippen LogP contribution in [-0.4, -0.2) is 32.2 Å². The number of piperidine rings is 1. The molecule has 1 aliphatic rings. The summed E-state index contributed by atoms with van der Waals surface area (Å²) in [5, 5.41) is 12.7. The first-order chi connectivity index (χ1) is 17.3. The number of amides is 1. The molecule has 0 aromatic heterocycles. The molecular weight excluding hydrogens is 488 g/mol. The Labute approximate surface area is 213 Å². The van der Waals surface area contributed by atoms with Crippen LogP contribution in [0.2, 0.25) is 5.02 Å². The molecule has 0 spiro atoms. The summed E-state index contributed by atoms with van der Waals surface area (Å²) in [6.07, 6.45) is 0.938. The van der Waals surface area contributed by atoms with E-state index in [1.807, 2.05) is 0 Å². The number of hydrogen-bond acceptors (Lipinski definition) is 5. The van der Waals surface area contributed by atoms with Gasteiger partial charge in [0, 0.05) is 37.0 Å². The van der Waals surface area contributed by atoms with Crippen LogP contribution in [0, 0.1) is 29.9 Å². The molecule has 6 nitrogen and oxygen atoms in total. The average Bonchev–Trinajstić information content (AvgIpc) is 2.86. The molecule has 0 atom stereocenters. The number of ether oxygens (including phenoxy) is 2. The van der Waals surface area contributed by atoms with E-state index in [2.05, 4.69) is 16.3 Å². The Morgan fingerprint density at radius 3 is 2.56 bits per heavy atom. The van der Waals surface area contributed by atoms with Crippen LogP contribution in [0.3, 0.4) is 0 Å². The molecule has 36 heavy (non-hydrogen) atoms. The van der Waals surface area contributed by atoms with Gasteiger partial charge in [0.15, 0.2) is 11.6 Å². The van der Waals surface area contributed by atoms with Gasteiger partial charge in [-0.2, -0.15) is 5.26 Å². The van der Waals surface area contributed by atoms with Crippen molar-refractivity contribution in [2.24, 2.45) is 0 Å². The Balaban J connectivity index is 1.52. The van der Waals surface area contributed by atoms with Crippen molar-refractivity contribution in [2.45, 2.75) is 25.9 Å². The summed E-state index contributed by atoms with van der Waals surface area (Å²) in [6.45, 7) is 2.94. The number of hydrogen-bond donors (Lipinski definition) is 1. The van der Waals surface area contributed by atoms with Crippen LogP contribution >= 0.6 is 11.6 Å². The van der Waals surface area contributed by atoms with Crippen LogP contribution in [-0.2, 0) is 0 Å². The van der Waals surface area contributed by atoms with Crippen molar-refractivity contribution in [3.8, 4) is 17.6 Å². The van der Waals surface area contributed by atoms with Gasteiger partial charge in [0.25, 0.3) is 5.91 Å². The molecule has 0 saturated carbocycles. The van der Waals surface area contributed by atoms with E-state index in [9.17, 15) is 18.8 Å². The molecule has 3 aromatic rings. The number of carbonyl (C=O) groups is 1. The van der Waals surface area contributed by atoms with Crippen molar-refractivity contribution in [3.63, 3.8) is 0 Å². The highest BCUT2D eigenvalue weighted by molar-refractivity contribution is 6.31. The van der Waals surface area contributed by atoms with Crippen molar-refractivity contribution < 1.29 is 23.0 Å². The minimum atomic E-state index is -0.735. The third-order valence-corrected chi connectivity index (χ3v) is 6.25. The fraction of sp³-hybridized carbons (Fsp3) is 0.259. The Hall–Kier alpha value is -3.83. The summed E-state index contributed by atoms with van der Waals surface area (Å²) in [7, 11) is 1.48. The van der Waals surface area contributed by atoms with Crippen LogP contribution in [0.5, 0.6) is 11.5 Å². The number of nitriles is 1. The molecule has 0 aliphatic carbocycles. The molecule has 9 heteroatoms. The number of aryl methyl sites for hydroxylation is 1. The zero-order valence-corrected chi connectivity index (χ0v) is 20.5. The van der Waals surface area contributed by atoms with Crippen molar-refractivity contribution in [1.82, 2.24) is 0 Å². The standard InChI is InChI=1S/C27H24ClF2N3O3/c1-16-11-18(28)13-21(26(16)35-2)27(34)32-23-12-17(15-31)3-5-24(23)33-9-7-20(8-10-33)36-25-6-4-19(29)14-22(25)30/h3-6,11-14,20H,7-10H2,1-2H3,(H,32,34). The first kappa shape index (κ1) is 25.3. The van der Waals surface area contributed by atoms with E-state index in [1.165, 1.54) is 19.2 Å². The van der Waals surface area contributed by atoms with Gasteiger partial charge in [-0.3, -0.25) is 4.79 Å². The lowest BCUT2D eigenvalue weighted by atomic mass is 10.0. The number of benzene rings is 3. The maximum atomic E-state index is 14.0. The molecule has 0 unspecified atom stereocenters. The number of halogens is 3. The van der Waals surface area contributed by atoms with E-state index in [1.54, 1.807) is 31.2 Å². The Kier molecular flexibility index (Phi) is 7.61. The normalized spacial score (nSPS) is 13.7. The number of rotatable bonds is 6. The third kappa shape index (κ3) is 5.52. The van der Waals surface area contributed by atoms with Gasteiger partial charge in [-0.1, -0.05) is 11.6 Å². The van der Waals surface area contributed by atoms with Gasteiger partial charge in [0.05, 0.1) is 35.7 Å². The highest BCUT2D eigenvalue weighted by atomic mass is 35.5. The lowest BCUT2D eigenvalue weighted by Crippen LogP contribution is -2.38. The Bertz CT molecular complexity index is 1330. The topological polar surface area (TPSA) is 74.6 Å². The van der Waals surface area contributed by atoms with E-state index in [-0.39, 0.29) is 17.4 Å². The molecule has 4 rings (SSSR count). The fourth-order valence-electron chi connectivity index (χ4n) is 4.31. The Morgan fingerprint density at radius 2 is 1.89 bits per heavy atom. The van der Waals surface area contributed by atoms with E-state index in [4.69, 9.17) is 21.1 Å². The van der Waals surface area contributed by atoms with Crippen LogP contribution < -0.4 is 19.7 Å². The predicted octanol–water partition coefficient (Wildman–Crippen LogP) is 6.11. The van der Waals surface area contributed by atoms with Gasteiger partial charge in [0.2, 0.25) is 0 Å². The maximum Gasteiger partial charge on any atom is 0.259 e. The molecule has 1 fully saturated rings. The van der Waals surface area contributed by atoms with Crippen molar-refractivity contribution in [3.05, 3.63) is 81.9 Å². The van der Waals surface area contributed by atoms with Gasteiger partial charge in [0.1, 0.15) is 17.7 Å². The molecular formula is C27H24ClF2N3O3. The van der Waals surface area contributed by atoms with Crippen LogP contribution in [0.15, 0.2) is 48.5 Å². The number of carbonyl (C=O) groups excluding carboxylic acids is 1. The molecule has 1 amide bonds. The quantitative estimate of drug-likeness (QED) is 0.432. The second kappa shape index (κ2) is 10.8. The highest BCUT2D eigenvalue weighted by Gasteiger charge is 2.25. The number of anilines is 2. The molecule has 0 bridgehead atoms. The molecule has 0 radical (unpaired) electrons. The third-order valence-electron chi connectivity index (χ3n) is 6.03. The molecule has 3 aromatic carbocycles. The largest absolute Gasteiger partial charge is 0.496 e. The number of methoxy groups -OCH3 is 1. The van der Waals surface area contributed by atoms with E-state index >= 15 is 0 Å². The Morgan fingerprint density at radius 1 is 1.14 bits per heavy atom. The SMILES string of the molecule is COc1c(C)cc(Cl)cc1C(=O)Nc1cc(C#N)ccc1N1CCC(Oc2ccc(F)cc2F)CC1. The molecule has 1 saturated heterocycles. The van der Waals surface area contributed by atoms with Crippen LogP contribution in [0.4, 0.5) is 20.2 Å². The first-order valence-electron chi connectivity index (χ1n) is 11.4. The summed E-state index contributed by atoms with van der Waals surface area (Å²) < 4.78 is 38.3. The molecule has 186 valence electrons. The molecule has 1 heterocycles. The summed E-state index contributed by atoms with van der Waals surface area (Å²) >= 11 is 6.18. The average molecular weight is 512 g/mol. The smallest absolute Gasteiger partial charge is 0.259 e. The van der Waals surface area contributed by atoms with E-state index < -0.39 is 17.5 Å². The summed E-state index contributed by atoms with van der Waals surface area (Å²) in [5.74, 6) is -1.37.